The van der Waals surface area contributed by atoms with Gasteiger partial charge in [-0.05, 0) is 24.3 Å². The van der Waals surface area contributed by atoms with E-state index in [9.17, 15) is 8.42 Å². The van der Waals surface area contributed by atoms with Crippen molar-refractivity contribution in [2.75, 3.05) is 0 Å². The SMILES string of the molecule is NS(=O)(=O)c1cccnc1.c1cc[nH]c1. The molecule has 0 fully saturated rings. The van der Waals surface area contributed by atoms with Crippen LogP contribution < -0.4 is 5.14 Å². The number of pyridine rings is 1. The number of rotatable bonds is 1. The van der Waals surface area contributed by atoms with Crippen molar-refractivity contribution in [3.8, 4) is 0 Å². The second kappa shape index (κ2) is 5.28. The summed E-state index contributed by atoms with van der Waals surface area (Å²) in [4.78, 5) is 6.49. The van der Waals surface area contributed by atoms with Gasteiger partial charge in [0, 0.05) is 24.8 Å². The molecule has 0 saturated carbocycles. The van der Waals surface area contributed by atoms with Crippen LogP contribution in [0, 0.1) is 0 Å². The summed E-state index contributed by atoms with van der Waals surface area (Å²) in [6.45, 7) is 0. The van der Waals surface area contributed by atoms with Crippen LogP contribution in [-0.2, 0) is 10.0 Å². The van der Waals surface area contributed by atoms with Crippen LogP contribution in [0.3, 0.4) is 0 Å². The quantitative estimate of drug-likeness (QED) is 0.750. The molecule has 80 valence electrons. The minimum atomic E-state index is -3.57. The highest BCUT2D eigenvalue weighted by molar-refractivity contribution is 7.89. The molecule has 2 aromatic heterocycles. The number of hydrogen-bond acceptors (Lipinski definition) is 3. The third kappa shape index (κ3) is 4.39. The van der Waals surface area contributed by atoms with Gasteiger partial charge in [-0.2, -0.15) is 0 Å². The van der Waals surface area contributed by atoms with E-state index in [4.69, 9.17) is 5.14 Å². The first-order chi connectivity index (χ1) is 7.11. The van der Waals surface area contributed by atoms with Crippen LogP contribution in [0.15, 0.2) is 53.9 Å². The Kier molecular flexibility index (Phi) is 4.02. The van der Waals surface area contributed by atoms with Crippen LogP contribution in [0.4, 0.5) is 0 Å². The summed E-state index contributed by atoms with van der Waals surface area (Å²) in [6.07, 6.45) is 6.43. The standard InChI is InChI=1S/C5H6N2O2S.C4H5N/c6-10(8,9)5-2-1-3-7-4-5;1-2-4-5-3-1/h1-4H,(H2,6,8,9);1-5H. The molecule has 2 heterocycles. The fraction of sp³-hybridized carbons (Fsp3) is 0. The fourth-order valence-corrected chi connectivity index (χ4v) is 1.27. The summed E-state index contributed by atoms with van der Waals surface area (Å²) in [7, 11) is -3.57. The zero-order chi connectivity index (χ0) is 11.1. The van der Waals surface area contributed by atoms with Gasteiger partial charge in [-0.3, -0.25) is 4.98 Å². The van der Waals surface area contributed by atoms with Crippen LogP contribution in [0.1, 0.15) is 0 Å². The van der Waals surface area contributed by atoms with E-state index in [0.717, 1.165) is 0 Å². The number of aromatic nitrogens is 2. The van der Waals surface area contributed by atoms with Gasteiger partial charge >= 0.3 is 0 Å². The molecular formula is C9H11N3O2S. The third-order valence-corrected chi connectivity index (χ3v) is 2.36. The molecular weight excluding hydrogens is 214 g/mol. The molecule has 2 aromatic rings. The van der Waals surface area contributed by atoms with Crippen molar-refractivity contribution in [3.63, 3.8) is 0 Å². The molecule has 2 rings (SSSR count). The van der Waals surface area contributed by atoms with Gasteiger partial charge in [-0.25, -0.2) is 13.6 Å². The van der Waals surface area contributed by atoms with Crippen molar-refractivity contribution >= 4 is 10.0 Å². The summed E-state index contributed by atoms with van der Waals surface area (Å²) in [5.41, 5.74) is 0. The molecule has 0 radical (unpaired) electrons. The Balaban J connectivity index is 0.000000187. The summed E-state index contributed by atoms with van der Waals surface area (Å²) in [6, 6.07) is 6.79. The number of hydrogen-bond donors (Lipinski definition) is 2. The molecule has 0 amide bonds. The number of nitrogens with one attached hydrogen (secondary N) is 1. The second-order valence-electron chi connectivity index (χ2n) is 2.62. The van der Waals surface area contributed by atoms with Crippen LogP contribution in [0.2, 0.25) is 0 Å². The minimum absolute atomic E-state index is 0.0370. The van der Waals surface area contributed by atoms with Gasteiger partial charge in [-0.15, -0.1) is 0 Å². The van der Waals surface area contributed by atoms with Gasteiger partial charge in [0.2, 0.25) is 10.0 Å². The van der Waals surface area contributed by atoms with E-state index in [-0.39, 0.29) is 4.90 Å². The van der Waals surface area contributed by atoms with E-state index in [0.29, 0.717) is 0 Å². The zero-order valence-corrected chi connectivity index (χ0v) is 8.68. The average molecular weight is 225 g/mol. The van der Waals surface area contributed by atoms with Gasteiger partial charge < -0.3 is 4.98 Å². The van der Waals surface area contributed by atoms with Gasteiger partial charge in [-0.1, -0.05) is 0 Å². The van der Waals surface area contributed by atoms with Crippen molar-refractivity contribution in [1.29, 1.82) is 0 Å². The molecule has 15 heavy (non-hydrogen) atoms. The monoisotopic (exact) mass is 225 g/mol. The highest BCUT2D eigenvalue weighted by atomic mass is 32.2. The van der Waals surface area contributed by atoms with Gasteiger partial charge in [0.15, 0.2) is 0 Å². The molecule has 5 nitrogen and oxygen atoms in total. The van der Waals surface area contributed by atoms with E-state index < -0.39 is 10.0 Å². The number of H-pyrrole nitrogens is 1. The molecule has 0 bridgehead atoms. The Hall–Kier alpha value is -1.66. The van der Waals surface area contributed by atoms with E-state index in [2.05, 4.69) is 9.97 Å². The number of primary sulfonamides is 1. The molecule has 3 N–H and O–H groups in total. The lowest BCUT2D eigenvalue weighted by Gasteiger charge is -1.92. The van der Waals surface area contributed by atoms with Crippen molar-refractivity contribution in [2.45, 2.75) is 4.90 Å². The molecule has 0 saturated heterocycles. The van der Waals surface area contributed by atoms with Crippen LogP contribution >= 0.6 is 0 Å². The zero-order valence-electron chi connectivity index (χ0n) is 7.87. The maximum absolute atomic E-state index is 10.6. The number of aromatic amines is 1. The molecule has 0 aliphatic carbocycles. The average Bonchev–Trinajstić information content (AvgIpc) is 2.76. The Morgan fingerprint density at radius 2 is 1.87 bits per heavy atom. The fourth-order valence-electron chi connectivity index (χ4n) is 0.793. The van der Waals surface area contributed by atoms with Crippen molar-refractivity contribution in [2.24, 2.45) is 5.14 Å². The van der Waals surface area contributed by atoms with E-state index in [1.165, 1.54) is 24.5 Å². The van der Waals surface area contributed by atoms with Crippen molar-refractivity contribution in [3.05, 3.63) is 49.1 Å². The Labute approximate surface area is 88.0 Å². The second-order valence-corrected chi connectivity index (χ2v) is 4.18. The van der Waals surface area contributed by atoms with Crippen LogP contribution in [-0.4, -0.2) is 18.4 Å². The predicted octanol–water partition coefficient (Wildman–Crippen LogP) is 0.744. The first-order valence-corrected chi connectivity index (χ1v) is 5.66. The molecule has 0 aromatic carbocycles. The van der Waals surface area contributed by atoms with Crippen LogP contribution in [0.25, 0.3) is 0 Å². The van der Waals surface area contributed by atoms with E-state index in [1.807, 2.05) is 24.5 Å². The summed E-state index contributed by atoms with van der Waals surface area (Å²) >= 11 is 0. The number of sulfonamides is 1. The lowest BCUT2D eigenvalue weighted by Crippen LogP contribution is -2.11. The molecule has 0 spiro atoms. The van der Waals surface area contributed by atoms with E-state index >= 15 is 0 Å². The largest absolute Gasteiger partial charge is 0.368 e. The van der Waals surface area contributed by atoms with Gasteiger partial charge in [0.1, 0.15) is 4.90 Å². The van der Waals surface area contributed by atoms with E-state index in [1.54, 1.807) is 0 Å². The normalized spacial score (nSPS) is 10.2. The molecule has 6 heteroatoms. The molecule has 0 aliphatic rings. The maximum atomic E-state index is 10.6. The van der Waals surface area contributed by atoms with Gasteiger partial charge in [0.25, 0.3) is 0 Å². The summed E-state index contributed by atoms with van der Waals surface area (Å²) in [5.74, 6) is 0. The number of nitrogens with two attached hydrogens (primary N) is 1. The van der Waals surface area contributed by atoms with Crippen molar-refractivity contribution in [1.82, 2.24) is 9.97 Å². The minimum Gasteiger partial charge on any atom is -0.368 e. The summed E-state index contributed by atoms with van der Waals surface area (Å²) in [5, 5.41) is 4.79. The smallest absolute Gasteiger partial charge is 0.239 e. The Morgan fingerprint density at radius 3 is 2.13 bits per heavy atom. The first-order valence-electron chi connectivity index (χ1n) is 4.11. The maximum Gasteiger partial charge on any atom is 0.239 e. The van der Waals surface area contributed by atoms with Gasteiger partial charge in [0.05, 0.1) is 0 Å². The first kappa shape index (κ1) is 11.4. The molecule has 0 aliphatic heterocycles. The highest BCUT2D eigenvalue weighted by Gasteiger charge is 2.04. The number of nitrogens with zero attached hydrogens (tertiary/aromatic N) is 1. The predicted molar refractivity (Wildman–Crippen MR) is 56.4 cm³/mol. The topological polar surface area (TPSA) is 88.8 Å². The Bertz CT molecular complexity index is 448. The third-order valence-electron chi connectivity index (χ3n) is 1.46. The lowest BCUT2D eigenvalue weighted by atomic mass is 10.5. The lowest BCUT2D eigenvalue weighted by molar-refractivity contribution is 0.597. The summed E-state index contributed by atoms with van der Waals surface area (Å²) < 4.78 is 21.1. The van der Waals surface area contributed by atoms with Crippen LogP contribution in [0.5, 0.6) is 0 Å². The molecule has 0 atom stereocenters. The van der Waals surface area contributed by atoms with Crippen molar-refractivity contribution < 1.29 is 8.42 Å². The Morgan fingerprint density at radius 1 is 1.20 bits per heavy atom. The highest BCUT2D eigenvalue weighted by Crippen LogP contribution is 2.00. The molecule has 0 unspecified atom stereocenters.